The molecule has 1 aromatic carbocycles. The third kappa shape index (κ3) is 5.48. The van der Waals surface area contributed by atoms with Crippen molar-refractivity contribution >= 4 is 17.5 Å². The zero-order chi connectivity index (χ0) is 23.4. The summed E-state index contributed by atoms with van der Waals surface area (Å²) in [4.78, 5) is 25.3. The van der Waals surface area contributed by atoms with Crippen LogP contribution in [0.15, 0.2) is 59.5 Å². The van der Waals surface area contributed by atoms with Crippen molar-refractivity contribution < 1.29 is 18.7 Å². The quantitative estimate of drug-likeness (QED) is 0.428. The van der Waals surface area contributed by atoms with E-state index in [1.165, 1.54) is 15.6 Å². The van der Waals surface area contributed by atoms with Crippen LogP contribution in [0.2, 0.25) is 0 Å². The highest BCUT2D eigenvalue weighted by Crippen LogP contribution is 2.17. The van der Waals surface area contributed by atoms with Crippen LogP contribution >= 0.6 is 0 Å². The van der Waals surface area contributed by atoms with Gasteiger partial charge >= 0.3 is 0 Å². The van der Waals surface area contributed by atoms with E-state index in [9.17, 15) is 9.59 Å². The number of nitrogens with zero attached hydrogens (tertiary/aromatic N) is 4. The van der Waals surface area contributed by atoms with Gasteiger partial charge in [0, 0.05) is 19.4 Å². The van der Waals surface area contributed by atoms with Gasteiger partial charge in [-0.1, -0.05) is 6.07 Å². The van der Waals surface area contributed by atoms with Crippen LogP contribution in [0.1, 0.15) is 37.9 Å². The molecule has 3 aromatic heterocycles. The van der Waals surface area contributed by atoms with Gasteiger partial charge in [-0.25, -0.2) is 4.68 Å². The third-order valence-electron chi connectivity index (χ3n) is 4.73. The van der Waals surface area contributed by atoms with Crippen LogP contribution in [0.4, 0.5) is 5.69 Å². The summed E-state index contributed by atoms with van der Waals surface area (Å²) in [5.74, 6) is 0.441. The number of nitrogens with one attached hydrogen (secondary N) is 2. The van der Waals surface area contributed by atoms with E-state index in [4.69, 9.17) is 9.15 Å². The van der Waals surface area contributed by atoms with Crippen LogP contribution in [0.5, 0.6) is 5.75 Å². The van der Waals surface area contributed by atoms with Gasteiger partial charge in [-0.15, -0.1) is 0 Å². The molecular formula is C23H24N6O4. The second kappa shape index (κ2) is 9.43. The molecule has 33 heavy (non-hydrogen) atoms. The molecule has 0 aliphatic heterocycles. The fourth-order valence-corrected chi connectivity index (χ4v) is 3.31. The molecule has 10 heteroatoms. The standard InChI is InChI=1S/C23H24N6O4/c1-15-9-16(2)11-18(10-15)33-14-29-7-6-19(26-29)22(30)25-20-13-28(3)27-21(20)23(31)24-12-17-5-4-8-32-17/h4-11,13H,12,14H2,1-3H3,(H,24,31)(H,25,30). The van der Waals surface area contributed by atoms with E-state index in [-0.39, 0.29) is 30.4 Å². The molecule has 0 spiro atoms. The molecule has 2 N–H and O–H groups in total. The predicted molar refractivity (Wildman–Crippen MR) is 120 cm³/mol. The van der Waals surface area contributed by atoms with Gasteiger partial charge in [-0.2, -0.15) is 10.2 Å². The Balaban J connectivity index is 1.38. The number of hydrogen-bond acceptors (Lipinski definition) is 6. The Morgan fingerprint density at radius 1 is 1.09 bits per heavy atom. The molecule has 0 aliphatic carbocycles. The number of aryl methyl sites for hydroxylation is 3. The number of anilines is 1. The Hall–Kier alpha value is -4.34. The van der Waals surface area contributed by atoms with Crippen LogP contribution < -0.4 is 15.4 Å². The summed E-state index contributed by atoms with van der Waals surface area (Å²) in [6.45, 7) is 4.37. The van der Waals surface area contributed by atoms with Crippen LogP contribution in [0.25, 0.3) is 0 Å². The van der Waals surface area contributed by atoms with E-state index >= 15 is 0 Å². The van der Waals surface area contributed by atoms with Crippen LogP contribution in [0, 0.1) is 13.8 Å². The highest BCUT2D eigenvalue weighted by atomic mass is 16.5. The van der Waals surface area contributed by atoms with Gasteiger partial charge in [-0.3, -0.25) is 14.3 Å². The second-order valence-electron chi connectivity index (χ2n) is 7.62. The average Bonchev–Trinajstić information content (AvgIpc) is 3.51. The molecule has 10 nitrogen and oxygen atoms in total. The second-order valence-corrected chi connectivity index (χ2v) is 7.62. The number of carbonyl (C=O) groups is 2. The number of ether oxygens (including phenoxy) is 1. The van der Waals surface area contributed by atoms with Crippen LogP contribution in [-0.4, -0.2) is 31.4 Å². The van der Waals surface area contributed by atoms with Crippen molar-refractivity contribution in [3.05, 3.63) is 83.3 Å². The van der Waals surface area contributed by atoms with Crippen molar-refractivity contribution in [1.82, 2.24) is 24.9 Å². The first-order chi connectivity index (χ1) is 15.9. The summed E-state index contributed by atoms with van der Waals surface area (Å²) in [5, 5.41) is 13.8. The maximum atomic E-state index is 12.7. The predicted octanol–water partition coefficient (Wildman–Crippen LogP) is 3.05. The average molecular weight is 448 g/mol. The topological polar surface area (TPSA) is 116 Å². The first-order valence-corrected chi connectivity index (χ1v) is 10.3. The van der Waals surface area contributed by atoms with Crippen molar-refractivity contribution in [3.8, 4) is 5.75 Å². The molecule has 3 heterocycles. The zero-order valence-electron chi connectivity index (χ0n) is 18.5. The van der Waals surface area contributed by atoms with E-state index in [0.717, 1.165) is 16.9 Å². The summed E-state index contributed by atoms with van der Waals surface area (Å²) in [6.07, 6.45) is 4.73. The smallest absolute Gasteiger partial charge is 0.276 e. The Labute approximate surface area is 190 Å². The Morgan fingerprint density at radius 3 is 2.61 bits per heavy atom. The first kappa shape index (κ1) is 21.9. The molecule has 0 saturated heterocycles. The van der Waals surface area contributed by atoms with E-state index < -0.39 is 11.8 Å². The Bertz CT molecular complexity index is 1250. The minimum Gasteiger partial charge on any atom is -0.471 e. The molecule has 0 aliphatic rings. The van der Waals surface area contributed by atoms with Crippen molar-refractivity contribution in [2.75, 3.05) is 5.32 Å². The van der Waals surface area contributed by atoms with E-state index in [0.29, 0.717) is 5.76 Å². The van der Waals surface area contributed by atoms with E-state index in [2.05, 4.69) is 26.9 Å². The third-order valence-corrected chi connectivity index (χ3v) is 4.73. The summed E-state index contributed by atoms with van der Waals surface area (Å²) in [6, 6.07) is 11.0. The summed E-state index contributed by atoms with van der Waals surface area (Å²) >= 11 is 0. The van der Waals surface area contributed by atoms with Gasteiger partial charge in [0.05, 0.1) is 18.5 Å². The molecule has 0 fully saturated rings. The monoisotopic (exact) mass is 448 g/mol. The lowest BCUT2D eigenvalue weighted by atomic mass is 10.1. The SMILES string of the molecule is Cc1cc(C)cc(OCn2ccc(C(=O)Nc3cn(C)nc3C(=O)NCc3ccco3)n2)c1. The maximum Gasteiger partial charge on any atom is 0.276 e. The van der Waals surface area contributed by atoms with Gasteiger partial charge in [0.25, 0.3) is 11.8 Å². The number of aromatic nitrogens is 4. The molecule has 4 aromatic rings. The molecule has 0 radical (unpaired) electrons. The van der Waals surface area contributed by atoms with Crippen LogP contribution in [0.3, 0.4) is 0 Å². The van der Waals surface area contributed by atoms with Gasteiger partial charge in [0.1, 0.15) is 11.5 Å². The summed E-state index contributed by atoms with van der Waals surface area (Å²) in [7, 11) is 1.66. The normalized spacial score (nSPS) is 10.8. The van der Waals surface area contributed by atoms with Crippen molar-refractivity contribution in [3.63, 3.8) is 0 Å². The lowest BCUT2D eigenvalue weighted by molar-refractivity contribution is 0.0943. The van der Waals surface area contributed by atoms with Gasteiger partial charge in [0.2, 0.25) is 0 Å². The van der Waals surface area contributed by atoms with Crippen LogP contribution in [-0.2, 0) is 20.3 Å². The number of hydrogen-bond donors (Lipinski definition) is 2. The van der Waals surface area contributed by atoms with Crippen molar-refractivity contribution in [2.45, 2.75) is 27.1 Å². The molecule has 170 valence electrons. The highest BCUT2D eigenvalue weighted by molar-refractivity contribution is 6.07. The van der Waals surface area contributed by atoms with Crippen molar-refractivity contribution in [2.24, 2.45) is 7.05 Å². The highest BCUT2D eigenvalue weighted by Gasteiger charge is 2.20. The largest absolute Gasteiger partial charge is 0.471 e. The number of furan rings is 1. The molecule has 0 bridgehead atoms. The van der Waals surface area contributed by atoms with Gasteiger partial charge in [0.15, 0.2) is 18.1 Å². The number of rotatable bonds is 8. The number of carbonyl (C=O) groups excluding carboxylic acids is 2. The minimum absolute atomic E-state index is 0.0926. The zero-order valence-corrected chi connectivity index (χ0v) is 18.5. The summed E-state index contributed by atoms with van der Waals surface area (Å²) in [5.41, 5.74) is 2.76. The molecule has 0 unspecified atom stereocenters. The fraction of sp³-hybridized carbons (Fsp3) is 0.217. The van der Waals surface area contributed by atoms with Gasteiger partial charge in [-0.05, 0) is 55.3 Å². The Kier molecular flexibility index (Phi) is 6.25. The molecule has 4 rings (SSSR count). The fourth-order valence-electron chi connectivity index (χ4n) is 3.31. The van der Waals surface area contributed by atoms with Gasteiger partial charge < -0.3 is 19.8 Å². The minimum atomic E-state index is -0.465. The van der Waals surface area contributed by atoms with E-state index in [1.54, 1.807) is 37.6 Å². The van der Waals surface area contributed by atoms with E-state index in [1.807, 2.05) is 26.0 Å². The lowest BCUT2D eigenvalue weighted by Gasteiger charge is -2.08. The Morgan fingerprint density at radius 2 is 1.88 bits per heavy atom. The number of benzene rings is 1. The maximum absolute atomic E-state index is 12.7. The molecule has 2 amide bonds. The summed E-state index contributed by atoms with van der Waals surface area (Å²) < 4.78 is 14.0. The lowest BCUT2D eigenvalue weighted by Crippen LogP contribution is -2.25. The van der Waals surface area contributed by atoms with Crippen molar-refractivity contribution in [1.29, 1.82) is 0 Å². The molecule has 0 atom stereocenters. The number of amides is 2. The molecule has 0 saturated carbocycles. The first-order valence-electron chi connectivity index (χ1n) is 10.3. The molecular weight excluding hydrogens is 424 g/mol.